The second kappa shape index (κ2) is 7.58. The molecule has 0 aliphatic carbocycles. The molecule has 2 fully saturated rings. The van der Waals surface area contributed by atoms with Gasteiger partial charge in [0.1, 0.15) is 0 Å². The highest BCUT2D eigenvalue weighted by atomic mass is 16.5. The first-order valence-corrected chi connectivity index (χ1v) is 8.88. The van der Waals surface area contributed by atoms with Crippen molar-refractivity contribution < 1.29 is 4.74 Å². The highest BCUT2D eigenvalue weighted by Gasteiger charge is 2.31. The maximum Gasteiger partial charge on any atom is 0.0469 e. The molecule has 0 amide bonds. The van der Waals surface area contributed by atoms with Gasteiger partial charge in [-0.3, -0.25) is 4.90 Å². The molecular weight excluding hydrogens is 272 g/mol. The maximum atomic E-state index is 5.59. The smallest absolute Gasteiger partial charge is 0.0469 e. The van der Waals surface area contributed by atoms with Crippen LogP contribution in [0.1, 0.15) is 49.8 Å². The van der Waals surface area contributed by atoms with Gasteiger partial charge in [-0.15, -0.1) is 0 Å². The van der Waals surface area contributed by atoms with Crippen LogP contribution in [0.15, 0.2) is 24.3 Å². The van der Waals surface area contributed by atoms with E-state index >= 15 is 0 Å². The molecule has 122 valence electrons. The van der Waals surface area contributed by atoms with Crippen LogP contribution in [0, 0.1) is 5.92 Å². The Kier molecular flexibility index (Phi) is 5.51. The van der Waals surface area contributed by atoms with Crippen molar-refractivity contribution in [2.75, 3.05) is 39.4 Å². The van der Waals surface area contributed by atoms with E-state index in [4.69, 9.17) is 4.74 Å². The first-order valence-electron chi connectivity index (χ1n) is 8.88. The van der Waals surface area contributed by atoms with Gasteiger partial charge in [0.05, 0.1) is 0 Å². The SMILES string of the molecule is CC(C)c1ccc([C@@H](C2CCOCC2)N2CCNCC2)cc1. The number of hydrogen-bond donors (Lipinski definition) is 1. The van der Waals surface area contributed by atoms with Crippen molar-refractivity contribution in [1.29, 1.82) is 0 Å². The Balaban J connectivity index is 1.82. The summed E-state index contributed by atoms with van der Waals surface area (Å²) in [6.07, 6.45) is 2.39. The average molecular weight is 302 g/mol. The fraction of sp³-hybridized carbons (Fsp3) is 0.684. The van der Waals surface area contributed by atoms with Crippen molar-refractivity contribution in [2.24, 2.45) is 5.92 Å². The summed E-state index contributed by atoms with van der Waals surface area (Å²) >= 11 is 0. The van der Waals surface area contributed by atoms with Gasteiger partial charge in [-0.25, -0.2) is 0 Å². The van der Waals surface area contributed by atoms with Crippen LogP contribution in [-0.4, -0.2) is 44.3 Å². The van der Waals surface area contributed by atoms with Crippen LogP contribution in [0.2, 0.25) is 0 Å². The van der Waals surface area contributed by atoms with Gasteiger partial charge in [0.2, 0.25) is 0 Å². The average Bonchev–Trinajstić information content (AvgIpc) is 2.57. The molecule has 1 aromatic rings. The van der Waals surface area contributed by atoms with Gasteiger partial charge in [0, 0.05) is 45.4 Å². The second-order valence-electron chi connectivity index (χ2n) is 7.00. The van der Waals surface area contributed by atoms with Crippen LogP contribution in [0.4, 0.5) is 0 Å². The van der Waals surface area contributed by atoms with Crippen LogP contribution in [0.5, 0.6) is 0 Å². The molecule has 22 heavy (non-hydrogen) atoms. The molecule has 1 atom stereocenters. The van der Waals surface area contributed by atoms with E-state index in [2.05, 4.69) is 48.3 Å². The topological polar surface area (TPSA) is 24.5 Å². The molecular formula is C19H30N2O. The van der Waals surface area contributed by atoms with Gasteiger partial charge >= 0.3 is 0 Å². The number of nitrogens with one attached hydrogen (secondary N) is 1. The van der Waals surface area contributed by atoms with Gasteiger partial charge in [-0.1, -0.05) is 38.1 Å². The minimum absolute atomic E-state index is 0.562. The lowest BCUT2D eigenvalue weighted by Crippen LogP contribution is -2.47. The molecule has 3 rings (SSSR count). The van der Waals surface area contributed by atoms with Crippen molar-refractivity contribution in [3.05, 3.63) is 35.4 Å². The van der Waals surface area contributed by atoms with Crippen molar-refractivity contribution in [3.63, 3.8) is 0 Å². The molecule has 0 spiro atoms. The molecule has 2 saturated heterocycles. The Morgan fingerprint density at radius 1 is 1.00 bits per heavy atom. The standard InChI is InChI=1S/C19H30N2O/c1-15(2)16-3-5-17(6-4-16)19(18-7-13-22-14-8-18)21-11-9-20-10-12-21/h3-6,15,18-20H,7-14H2,1-2H3/t19-/m0/s1. The molecule has 2 aliphatic heterocycles. The minimum atomic E-state index is 0.562. The van der Waals surface area contributed by atoms with E-state index in [1.165, 1.54) is 24.0 Å². The lowest BCUT2D eigenvalue weighted by Gasteiger charge is -2.41. The zero-order chi connectivity index (χ0) is 15.4. The van der Waals surface area contributed by atoms with Crippen molar-refractivity contribution in [2.45, 2.75) is 38.6 Å². The van der Waals surface area contributed by atoms with Crippen LogP contribution >= 0.6 is 0 Å². The number of rotatable bonds is 4. The lowest BCUT2D eigenvalue weighted by molar-refractivity contribution is 0.0213. The molecule has 0 aromatic heterocycles. The zero-order valence-electron chi connectivity index (χ0n) is 14.1. The number of hydrogen-bond acceptors (Lipinski definition) is 3. The third-order valence-electron chi connectivity index (χ3n) is 5.20. The predicted octanol–water partition coefficient (Wildman–Crippen LogP) is 3.18. The summed E-state index contributed by atoms with van der Waals surface area (Å²) in [5.74, 6) is 1.34. The summed E-state index contributed by atoms with van der Waals surface area (Å²) in [6.45, 7) is 10.9. The molecule has 3 nitrogen and oxygen atoms in total. The van der Waals surface area contributed by atoms with E-state index < -0.39 is 0 Å². The molecule has 0 saturated carbocycles. The predicted molar refractivity (Wildman–Crippen MR) is 91.3 cm³/mol. The quantitative estimate of drug-likeness (QED) is 0.924. The summed E-state index contributed by atoms with van der Waals surface area (Å²) < 4.78 is 5.59. The molecule has 0 radical (unpaired) electrons. The van der Waals surface area contributed by atoms with Crippen LogP contribution in [0.3, 0.4) is 0 Å². The molecule has 2 heterocycles. The minimum Gasteiger partial charge on any atom is -0.381 e. The van der Waals surface area contributed by atoms with E-state index in [-0.39, 0.29) is 0 Å². The molecule has 0 unspecified atom stereocenters. The number of ether oxygens (including phenoxy) is 1. The van der Waals surface area contributed by atoms with E-state index in [1.54, 1.807) is 0 Å². The van der Waals surface area contributed by atoms with Crippen LogP contribution in [0.25, 0.3) is 0 Å². The molecule has 1 aromatic carbocycles. The largest absolute Gasteiger partial charge is 0.381 e. The number of benzene rings is 1. The zero-order valence-corrected chi connectivity index (χ0v) is 14.1. The Bertz CT molecular complexity index is 427. The molecule has 3 heteroatoms. The van der Waals surface area contributed by atoms with Crippen molar-refractivity contribution in [3.8, 4) is 0 Å². The van der Waals surface area contributed by atoms with Crippen molar-refractivity contribution in [1.82, 2.24) is 10.2 Å². The second-order valence-corrected chi connectivity index (χ2v) is 7.00. The summed E-state index contributed by atoms with van der Waals surface area (Å²) in [4.78, 5) is 2.69. The van der Waals surface area contributed by atoms with E-state index in [0.29, 0.717) is 12.0 Å². The first kappa shape index (κ1) is 16.0. The monoisotopic (exact) mass is 302 g/mol. The molecule has 2 aliphatic rings. The van der Waals surface area contributed by atoms with E-state index in [9.17, 15) is 0 Å². The Morgan fingerprint density at radius 3 is 2.18 bits per heavy atom. The highest BCUT2D eigenvalue weighted by Crippen LogP contribution is 2.35. The van der Waals surface area contributed by atoms with Gasteiger partial charge in [0.15, 0.2) is 0 Å². The van der Waals surface area contributed by atoms with E-state index in [1.807, 2.05) is 0 Å². The third-order valence-corrected chi connectivity index (χ3v) is 5.20. The Labute approximate surface area is 135 Å². The van der Waals surface area contributed by atoms with Gasteiger partial charge in [-0.2, -0.15) is 0 Å². The fourth-order valence-electron chi connectivity index (χ4n) is 3.85. The summed E-state index contributed by atoms with van der Waals surface area (Å²) in [5.41, 5.74) is 2.94. The third kappa shape index (κ3) is 3.70. The summed E-state index contributed by atoms with van der Waals surface area (Å²) in [7, 11) is 0. The van der Waals surface area contributed by atoms with E-state index in [0.717, 1.165) is 45.3 Å². The number of nitrogens with zero attached hydrogens (tertiary/aromatic N) is 1. The van der Waals surface area contributed by atoms with Gasteiger partial charge in [0.25, 0.3) is 0 Å². The summed E-state index contributed by atoms with van der Waals surface area (Å²) in [5, 5.41) is 3.48. The summed E-state index contributed by atoms with van der Waals surface area (Å²) in [6, 6.07) is 9.96. The van der Waals surface area contributed by atoms with Crippen LogP contribution in [-0.2, 0) is 4.74 Å². The highest BCUT2D eigenvalue weighted by molar-refractivity contribution is 5.27. The Hall–Kier alpha value is -0.900. The molecule has 1 N–H and O–H groups in total. The fourth-order valence-corrected chi connectivity index (χ4v) is 3.85. The van der Waals surface area contributed by atoms with Crippen molar-refractivity contribution >= 4 is 0 Å². The van der Waals surface area contributed by atoms with Gasteiger partial charge < -0.3 is 10.1 Å². The van der Waals surface area contributed by atoms with Gasteiger partial charge in [-0.05, 0) is 35.8 Å². The number of piperazine rings is 1. The molecule has 0 bridgehead atoms. The normalized spacial score (nSPS) is 22.9. The Morgan fingerprint density at radius 2 is 1.59 bits per heavy atom. The maximum absolute atomic E-state index is 5.59. The first-order chi connectivity index (χ1) is 10.8. The lowest BCUT2D eigenvalue weighted by atomic mass is 9.85. The van der Waals surface area contributed by atoms with Crippen LogP contribution < -0.4 is 5.32 Å².